The number of amides is 1. The number of carbonyl (C=O) groups is 1. The highest BCUT2D eigenvalue weighted by atomic mass is 79.9. The van der Waals surface area contributed by atoms with Gasteiger partial charge >= 0.3 is 0 Å². The van der Waals surface area contributed by atoms with Gasteiger partial charge in [0.25, 0.3) is 5.91 Å². The molecule has 0 bridgehead atoms. The highest BCUT2D eigenvalue weighted by molar-refractivity contribution is 9.10. The summed E-state index contributed by atoms with van der Waals surface area (Å²) in [4.78, 5) is 14.3. The normalized spacial score (nSPS) is 18.9. The summed E-state index contributed by atoms with van der Waals surface area (Å²) in [6.45, 7) is 1.57. The molecule has 0 aliphatic carbocycles. The van der Waals surface area contributed by atoms with Crippen LogP contribution in [0.2, 0.25) is 5.02 Å². The van der Waals surface area contributed by atoms with Gasteiger partial charge in [-0.15, -0.1) is 12.4 Å². The van der Waals surface area contributed by atoms with Gasteiger partial charge in [0.2, 0.25) is 0 Å². The first-order valence-corrected chi connectivity index (χ1v) is 7.20. The number of piperidine rings is 1. The van der Waals surface area contributed by atoms with E-state index in [1.54, 1.807) is 12.1 Å². The van der Waals surface area contributed by atoms with Gasteiger partial charge in [-0.3, -0.25) is 4.79 Å². The van der Waals surface area contributed by atoms with Crippen LogP contribution in [0.1, 0.15) is 23.2 Å². The molecular weight excluding hydrogens is 351 g/mol. The van der Waals surface area contributed by atoms with E-state index in [1.165, 1.54) is 0 Å². The highest BCUT2D eigenvalue weighted by Gasteiger charge is 2.24. The lowest BCUT2D eigenvalue weighted by atomic mass is 10.0. The second-order valence-electron chi connectivity index (χ2n) is 4.50. The minimum Gasteiger partial charge on any atom is -0.337 e. The zero-order chi connectivity index (χ0) is 13.1. The molecule has 0 saturated carbocycles. The number of nitrogens with zero attached hydrogens (tertiary/aromatic N) is 1. The van der Waals surface area contributed by atoms with Gasteiger partial charge in [0, 0.05) is 28.6 Å². The monoisotopic (exact) mass is 366 g/mol. The summed E-state index contributed by atoms with van der Waals surface area (Å²) in [5.74, 6) is 0.0457. The van der Waals surface area contributed by atoms with E-state index in [-0.39, 0.29) is 18.3 Å². The van der Waals surface area contributed by atoms with Crippen molar-refractivity contribution >= 4 is 45.8 Å². The van der Waals surface area contributed by atoms with E-state index in [0.29, 0.717) is 16.6 Å². The number of halogens is 3. The van der Waals surface area contributed by atoms with Crippen LogP contribution in [0, 0.1) is 0 Å². The van der Waals surface area contributed by atoms with Crippen LogP contribution in [0.3, 0.4) is 0 Å². The number of hydrogen-bond acceptors (Lipinski definition) is 2. The number of carbonyl (C=O) groups excluding carboxylic acids is 1. The lowest BCUT2D eigenvalue weighted by molar-refractivity contribution is 0.0697. The SMILES string of the molecule is CNC1CCCN(C(=O)c2cc(Cl)ccc2Br)C1.Cl. The maximum atomic E-state index is 12.4. The molecule has 1 amide bonds. The van der Waals surface area contributed by atoms with Gasteiger partial charge in [0.1, 0.15) is 0 Å². The van der Waals surface area contributed by atoms with Gasteiger partial charge in [-0.2, -0.15) is 0 Å². The standard InChI is InChI=1S/C13H16BrClN2O.ClH/c1-16-10-3-2-6-17(8-10)13(18)11-7-9(15)4-5-12(11)14;/h4-5,7,10,16H,2-3,6,8H2,1H3;1H. The Balaban J connectivity index is 0.00000180. The molecule has 1 saturated heterocycles. The van der Waals surface area contributed by atoms with Crippen LogP contribution < -0.4 is 5.32 Å². The van der Waals surface area contributed by atoms with Crippen molar-refractivity contribution in [2.75, 3.05) is 20.1 Å². The Kier molecular flexibility index (Phi) is 6.60. The third kappa shape index (κ3) is 4.09. The minimum atomic E-state index is 0. The lowest BCUT2D eigenvalue weighted by Crippen LogP contribution is -2.47. The van der Waals surface area contributed by atoms with E-state index in [2.05, 4.69) is 21.2 Å². The summed E-state index contributed by atoms with van der Waals surface area (Å²) >= 11 is 9.36. The zero-order valence-electron chi connectivity index (χ0n) is 10.7. The summed E-state index contributed by atoms with van der Waals surface area (Å²) in [5.41, 5.74) is 0.638. The molecule has 1 aromatic rings. The first-order chi connectivity index (χ1) is 8.61. The van der Waals surface area contributed by atoms with Crippen molar-refractivity contribution in [3.63, 3.8) is 0 Å². The van der Waals surface area contributed by atoms with Gasteiger partial charge in [-0.05, 0) is 54.0 Å². The minimum absolute atomic E-state index is 0. The first kappa shape index (κ1) is 16.8. The van der Waals surface area contributed by atoms with E-state index in [1.807, 2.05) is 18.0 Å². The number of nitrogens with one attached hydrogen (secondary N) is 1. The Hall–Kier alpha value is -0.290. The molecule has 1 aliphatic heterocycles. The van der Waals surface area contributed by atoms with Crippen LogP contribution in [0.15, 0.2) is 22.7 Å². The van der Waals surface area contributed by atoms with Crippen molar-refractivity contribution in [1.82, 2.24) is 10.2 Å². The number of hydrogen-bond donors (Lipinski definition) is 1. The van der Waals surface area contributed by atoms with Crippen LogP contribution >= 0.6 is 39.9 Å². The van der Waals surface area contributed by atoms with Crippen LogP contribution in [0.25, 0.3) is 0 Å². The summed E-state index contributed by atoms with van der Waals surface area (Å²) in [5, 5.41) is 3.82. The van der Waals surface area contributed by atoms with Crippen molar-refractivity contribution in [1.29, 1.82) is 0 Å². The predicted molar refractivity (Wildman–Crippen MR) is 84.4 cm³/mol. The molecule has 1 unspecified atom stereocenters. The molecular formula is C13H17BrCl2N2O. The van der Waals surface area contributed by atoms with Gasteiger partial charge in [0.05, 0.1) is 5.56 Å². The summed E-state index contributed by atoms with van der Waals surface area (Å²) in [6.07, 6.45) is 2.16. The number of rotatable bonds is 2. The summed E-state index contributed by atoms with van der Waals surface area (Å²) < 4.78 is 0.795. The molecule has 3 nitrogen and oxygen atoms in total. The first-order valence-electron chi connectivity index (χ1n) is 6.03. The lowest BCUT2D eigenvalue weighted by Gasteiger charge is -2.32. The Labute approximate surface area is 133 Å². The highest BCUT2D eigenvalue weighted by Crippen LogP contribution is 2.24. The second kappa shape index (κ2) is 7.48. The number of likely N-dealkylation sites (N-methyl/N-ethyl adjacent to an activating group) is 1. The Morgan fingerprint density at radius 2 is 2.26 bits per heavy atom. The fraction of sp³-hybridized carbons (Fsp3) is 0.462. The van der Waals surface area contributed by atoms with Crippen LogP contribution in [-0.4, -0.2) is 37.0 Å². The van der Waals surface area contributed by atoms with Crippen LogP contribution in [-0.2, 0) is 0 Å². The van der Waals surface area contributed by atoms with Crippen molar-refractivity contribution in [3.8, 4) is 0 Å². The molecule has 1 fully saturated rings. The van der Waals surface area contributed by atoms with E-state index in [4.69, 9.17) is 11.6 Å². The fourth-order valence-corrected chi connectivity index (χ4v) is 2.82. The second-order valence-corrected chi connectivity index (χ2v) is 5.79. The number of likely N-dealkylation sites (tertiary alicyclic amines) is 1. The maximum Gasteiger partial charge on any atom is 0.255 e. The maximum absolute atomic E-state index is 12.4. The molecule has 0 radical (unpaired) electrons. The topological polar surface area (TPSA) is 32.3 Å². The van der Waals surface area contributed by atoms with Crippen molar-refractivity contribution < 1.29 is 4.79 Å². The fourth-order valence-electron chi connectivity index (χ4n) is 2.23. The van der Waals surface area contributed by atoms with Crippen molar-refractivity contribution in [2.45, 2.75) is 18.9 Å². The van der Waals surface area contributed by atoms with E-state index in [9.17, 15) is 4.79 Å². The van der Waals surface area contributed by atoms with E-state index < -0.39 is 0 Å². The molecule has 106 valence electrons. The molecule has 1 N–H and O–H groups in total. The van der Waals surface area contributed by atoms with Crippen molar-refractivity contribution in [3.05, 3.63) is 33.3 Å². The van der Waals surface area contributed by atoms with E-state index >= 15 is 0 Å². The third-order valence-corrected chi connectivity index (χ3v) is 4.20. The smallest absolute Gasteiger partial charge is 0.255 e. The van der Waals surface area contributed by atoms with Gasteiger partial charge in [-0.1, -0.05) is 11.6 Å². The molecule has 1 heterocycles. The van der Waals surface area contributed by atoms with Crippen LogP contribution in [0.4, 0.5) is 0 Å². The van der Waals surface area contributed by atoms with Crippen molar-refractivity contribution in [2.24, 2.45) is 0 Å². The third-order valence-electron chi connectivity index (χ3n) is 3.28. The number of benzene rings is 1. The average molecular weight is 368 g/mol. The predicted octanol–water partition coefficient (Wildman–Crippen LogP) is 3.35. The Morgan fingerprint density at radius 1 is 1.53 bits per heavy atom. The van der Waals surface area contributed by atoms with E-state index in [0.717, 1.165) is 30.4 Å². The summed E-state index contributed by atoms with van der Waals surface area (Å²) in [7, 11) is 1.94. The average Bonchev–Trinajstić information content (AvgIpc) is 2.41. The van der Waals surface area contributed by atoms with Gasteiger partial charge < -0.3 is 10.2 Å². The molecule has 1 aliphatic rings. The molecule has 6 heteroatoms. The van der Waals surface area contributed by atoms with Gasteiger partial charge in [0.15, 0.2) is 0 Å². The Morgan fingerprint density at radius 3 is 2.95 bits per heavy atom. The summed E-state index contributed by atoms with van der Waals surface area (Å²) in [6, 6.07) is 5.70. The van der Waals surface area contributed by atoms with Gasteiger partial charge in [-0.25, -0.2) is 0 Å². The molecule has 2 rings (SSSR count). The molecule has 19 heavy (non-hydrogen) atoms. The molecule has 1 atom stereocenters. The Bertz CT molecular complexity index is 456. The van der Waals surface area contributed by atoms with Crippen LogP contribution in [0.5, 0.6) is 0 Å². The molecule has 0 aromatic heterocycles. The molecule has 0 spiro atoms. The zero-order valence-corrected chi connectivity index (χ0v) is 13.8. The quantitative estimate of drug-likeness (QED) is 0.869. The largest absolute Gasteiger partial charge is 0.337 e. The molecule has 1 aromatic carbocycles.